The summed E-state index contributed by atoms with van der Waals surface area (Å²) in [5.74, 6) is -6.35. The highest BCUT2D eigenvalue weighted by molar-refractivity contribution is 5.94. The Labute approximate surface area is 237 Å². The quantitative estimate of drug-likeness (QED) is 0.390. The van der Waals surface area contributed by atoms with Crippen molar-refractivity contribution in [1.82, 2.24) is 24.7 Å². The number of hydrogen-bond donors (Lipinski definition) is 1. The monoisotopic (exact) mass is 603 g/mol. The van der Waals surface area contributed by atoms with Gasteiger partial charge in [-0.25, -0.2) is 22.9 Å². The average Bonchev–Trinajstić information content (AvgIpc) is 3.53. The number of alkyl halides is 3. The van der Waals surface area contributed by atoms with Crippen LogP contribution < -0.4 is 5.32 Å². The van der Waals surface area contributed by atoms with E-state index < -0.39 is 71.8 Å². The van der Waals surface area contributed by atoms with Crippen molar-refractivity contribution in [3.05, 3.63) is 52.4 Å². The lowest BCUT2D eigenvalue weighted by molar-refractivity contribution is -0.148. The zero-order chi connectivity index (χ0) is 31.0. The van der Waals surface area contributed by atoms with Crippen LogP contribution in [0, 0.1) is 17.5 Å². The number of carbonyl (C=O) groups excluding carboxylic acids is 3. The van der Waals surface area contributed by atoms with Crippen LogP contribution in [0.2, 0.25) is 0 Å². The van der Waals surface area contributed by atoms with Gasteiger partial charge in [-0.2, -0.15) is 13.2 Å². The maximum atomic E-state index is 14.4. The molecule has 3 heterocycles. The normalized spacial score (nSPS) is 16.3. The van der Waals surface area contributed by atoms with Gasteiger partial charge in [0.1, 0.15) is 11.4 Å². The van der Waals surface area contributed by atoms with E-state index in [1.54, 1.807) is 20.8 Å². The Morgan fingerprint density at radius 1 is 0.952 bits per heavy atom. The Morgan fingerprint density at radius 3 is 2.21 bits per heavy atom. The van der Waals surface area contributed by atoms with Crippen LogP contribution in [0.1, 0.15) is 67.6 Å². The molecule has 1 unspecified atom stereocenters. The fourth-order valence-corrected chi connectivity index (χ4v) is 5.01. The second-order valence-electron chi connectivity index (χ2n) is 11.3. The molecule has 15 heteroatoms. The van der Waals surface area contributed by atoms with Crippen molar-refractivity contribution in [2.24, 2.45) is 0 Å². The van der Waals surface area contributed by atoms with Crippen LogP contribution in [-0.4, -0.2) is 68.5 Å². The van der Waals surface area contributed by atoms with Crippen molar-refractivity contribution in [1.29, 1.82) is 0 Å². The molecule has 0 radical (unpaired) electrons. The third-order valence-electron chi connectivity index (χ3n) is 6.91. The molecule has 230 valence electrons. The molecule has 0 spiro atoms. The molecule has 3 amide bonds. The number of amides is 3. The van der Waals surface area contributed by atoms with E-state index in [1.807, 2.05) is 0 Å². The number of nitrogens with one attached hydrogen (secondary N) is 1. The zero-order valence-electron chi connectivity index (χ0n) is 23.3. The lowest BCUT2D eigenvalue weighted by atomic mass is 10.0. The number of imidazole rings is 1. The van der Waals surface area contributed by atoms with Crippen LogP contribution in [0.25, 0.3) is 0 Å². The predicted octanol–water partition coefficient (Wildman–Crippen LogP) is 4.42. The van der Waals surface area contributed by atoms with E-state index in [-0.39, 0.29) is 36.6 Å². The fraction of sp³-hybridized carbons (Fsp3) is 0.556. The summed E-state index contributed by atoms with van der Waals surface area (Å²) in [5, 5.41) is 2.44. The second-order valence-corrected chi connectivity index (χ2v) is 11.3. The predicted molar refractivity (Wildman–Crippen MR) is 136 cm³/mol. The number of aromatic nitrogens is 2. The number of benzene rings is 1. The molecule has 42 heavy (non-hydrogen) atoms. The van der Waals surface area contributed by atoms with Gasteiger partial charge in [0.15, 0.2) is 17.3 Å². The summed E-state index contributed by atoms with van der Waals surface area (Å²) in [7, 11) is 0. The summed E-state index contributed by atoms with van der Waals surface area (Å²) in [6.07, 6.45) is -5.26. The number of alkyl carbamates (subject to hydrolysis) is 1. The first-order valence-electron chi connectivity index (χ1n) is 13.4. The standard InChI is InChI=1S/C27H31F6N5O4/c1-26(2,3)42-25(41)34-16(10-15-11-18(29)19(30)13-17(15)28)12-21(39)37-8-9-38-20(14-37)22(35-24(38)27(31,32)33)23(40)36-6-4-5-7-36/h11,13,16H,4-10,12,14H2,1-3H3,(H,34,41). The maximum absolute atomic E-state index is 14.4. The van der Waals surface area contributed by atoms with E-state index in [9.17, 15) is 40.7 Å². The van der Waals surface area contributed by atoms with Crippen LogP contribution in [-0.2, 0) is 35.2 Å². The second kappa shape index (κ2) is 11.8. The summed E-state index contributed by atoms with van der Waals surface area (Å²) in [4.78, 5) is 45.2. The SMILES string of the molecule is CC(C)(C)OC(=O)NC(CC(=O)N1CCn2c(C(F)(F)F)nc(C(=O)N3CCCC3)c2C1)Cc1cc(F)c(F)cc1F. The minimum atomic E-state index is -4.83. The van der Waals surface area contributed by atoms with Gasteiger partial charge in [-0.3, -0.25) is 9.59 Å². The first-order valence-corrected chi connectivity index (χ1v) is 13.4. The molecule has 2 aliphatic heterocycles. The Balaban J connectivity index is 1.58. The average molecular weight is 604 g/mol. The van der Waals surface area contributed by atoms with Gasteiger partial charge in [-0.05, 0) is 51.7 Å². The van der Waals surface area contributed by atoms with Crippen LogP contribution in [0.3, 0.4) is 0 Å². The minimum absolute atomic E-state index is 0.0675. The first kappa shape index (κ1) is 31.2. The van der Waals surface area contributed by atoms with Gasteiger partial charge in [0.25, 0.3) is 5.91 Å². The van der Waals surface area contributed by atoms with Crippen LogP contribution in [0.5, 0.6) is 0 Å². The Kier molecular flexibility index (Phi) is 8.78. The van der Waals surface area contributed by atoms with Gasteiger partial charge in [-0.1, -0.05) is 0 Å². The molecule has 0 aliphatic carbocycles. The third kappa shape index (κ3) is 7.16. The fourth-order valence-electron chi connectivity index (χ4n) is 5.01. The largest absolute Gasteiger partial charge is 0.449 e. The van der Waals surface area contributed by atoms with Gasteiger partial charge >= 0.3 is 12.3 Å². The summed E-state index contributed by atoms with van der Waals surface area (Å²) >= 11 is 0. The van der Waals surface area contributed by atoms with Gasteiger partial charge < -0.3 is 24.4 Å². The lowest BCUT2D eigenvalue weighted by Crippen LogP contribution is -2.46. The minimum Gasteiger partial charge on any atom is -0.444 e. The number of fused-ring (bicyclic) bond motifs is 1. The molecule has 0 bridgehead atoms. The van der Waals surface area contributed by atoms with E-state index >= 15 is 0 Å². The van der Waals surface area contributed by atoms with Crippen molar-refractivity contribution < 1.29 is 45.5 Å². The maximum Gasteiger partial charge on any atom is 0.449 e. The highest BCUT2D eigenvalue weighted by Gasteiger charge is 2.42. The number of ether oxygens (including phenoxy) is 1. The smallest absolute Gasteiger partial charge is 0.444 e. The first-order chi connectivity index (χ1) is 19.5. The number of halogens is 6. The number of hydrogen-bond acceptors (Lipinski definition) is 5. The van der Waals surface area contributed by atoms with Crippen molar-refractivity contribution in [3.8, 4) is 0 Å². The number of likely N-dealkylation sites (tertiary alicyclic amines) is 1. The Hall–Kier alpha value is -3.78. The molecule has 1 aromatic carbocycles. The molecule has 2 aromatic rings. The third-order valence-corrected chi connectivity index (χ3v) is 6.91. The number of nitrogens with zero attached hydrogens (tertiary/aromatic N) is 4. The Bertz CT molecular complexity index is 1360. The van der Waals surface area contributed by atoms with Crippen molar-refractivity contribution in [2.45, 2.75) is 77.4 Å². The molecule has 1 fully saturated rings. The highest BCUT2D eigenvalue weighted by atomic mass is 19.4. The van der Waals surface area contributed by atoms with Crippen LogP contribution in [0.4, 0.5) is 31.1 Å². The molecule has 1 saturated heterocycles. The Morgan fingerprint density at radius 2 is 1.60 bits per heavy atom. The van der Waals surface area contributed by atoms with E-state index in [1.165, 1.54) is 9.80 Å². The molecule has 1 atom stereocenters. The summed E-state index contributed by atoms with van der Waals surface area (Å²) < 4.78 is 89.1. The summed E-state index contributed by atoms with van der Waals surface area (Å²) in [6, 6.07) is -0.192. The molecular formula is C27H31F6N5O4. The highest BCUT2D eigenvalue weighted by Crippen LogP contribution is 2.33. The van der Waals surface area contributed by atoms with Crippen molar-refractivity contribution >= 4 is 17.9 Å². The summed E-state index contributed by atoms with van der Waals surface area (Å²) in [6.45, 7) is 4.72. The lowest BCUT2D eigenvalue weighted by Gasteiger charge is -2.31. The molecule has 1 aromatic heterocycles. The van der Waals surface area contributed by atoms with Crippen LogP contribution in [0.15, 0.2) is 12.1 Å². The van der Waals surface area contributed by atoms with Gasteiger partial charge in [0, 0.05) is 44.7 Å². The van der Waals surface area contributed by atoms with E-state index in [4.69, 9.17) is 4.74 Å². The van der Waals surface area contributed by atoms with Gasteiger partial charge in [0.05, 0.1) is 12.2 Å². The molecule has 1 N–H and O–H groups in total. The molecule has 9 nitrogen and oxygen atoms in total. The van der Waals surface area contributed by atoms with E-state index in [2.05, 4.69) is 10.3 Å². The zero-order valence-corrected chi connectivity index (χ0v) is 23.3. The van der Waals surface area contributed by atoms with Crippen molar-refractivity contribution in [2.75, 3.05) is 19.6 Å². The number of rotatable bonds is 6. The summed E-state index contributed by atoms with van der Waals surface area (Å²) in [5.41, 5.74) is -1.69. The van der Waals surface area contributed by atoms with Gasteiger partial charge in [-0.15, -0.1) is 0 Å². The molecule has 4 rings (SSSR count). The molecular weight excluding hydrogens is 572 g/mol. The van der Waals surface area contributed by atoms with Gasteiger partial charge in [0.2, 0.25) is 11.7 Å². The molecule has 2 aliphatic rings. The van der Waals surface area contributed by atoms with Crippen LogP contribution >= 0.6 is 0 Å². The molecule has 0 saturated carbocycles. The van der Waals surface area contributed by atoms with E-state index in [0.717, 1.165) is 4.57 Å². The topological polar surface area (TPSA) is 96.8 Å². The number of carbonyl (C=O) groups is 3. The van der Waals surface area contributed by atoms with E-state index in [0.29, 0.717) is 38.1 Å². The van der Waals surface area contributed by atoms with Crippen molar-refractivity contribution in [3.63, 3.8) is 0 Å².